The molecule has 1 unspecified atom stereocenters. The second-order valence-corrected chi connectivity index (χ2v) is 4.57. The maximum absolute atomic E-state index is 11.8. The van der Waals surface area contributed by atoms with Gasteiger partial charge in [0.25, 0.3) is 0 Å². The van der Waals surface area contributed by atoms with Crippen molar-refractivity contribution in [2.24, 2.45) is 11.7 Å². The molecule has 1 atom stereocenters. The summed E-state index contributed by atoms with van der Waals surface area (Å²) in [6.45, 7) is 2.41. The minimum Gasteiger partial charge on any atom is -0.330 e. The summed E-state index contributed by atoms with van der Waals surface area (Å²) in [6, 6.07) is 1.89. The van der Waals surface area contributed by atoms with Crippen LogP contribution >= 0.6 is 27.3 Å². The first-order chi connectivity index (χ1) is 6.20. The van der Waals surface area contributed by atoms with E-state index in [0.29, 0.717) is 6.54 Å². The molecule has 0 aliphatic rings. The molecule has 0 fully saturated rings. The SMILES string of the molecule is CCC(CN)C(=O)c1sccc1Br. The molecular formula is C9H12BrNOS. The fourth-order valence-electron chi connectivity index (χ4n) is 1.11. The fraction of sp³-hybridized carbons (Fsp3) is 0.444. The van der Waals surface area contributed by atoms with Crippen molar-refractivity contribution < 1.29 is 4.79 Å². The van der Waals surface area contributed by atoms with E-state index in [0.717, 1.165) is 15.8 Å². The molecule has 2 N–H and O–H groups in total. The van der Waals surface area contributed by atoms with Gasteiger partial charge in [0.1, 0.15) is 0 Å². The number of thiophene rings is 1. The zero-order chi connectivity index (χ0) is 9.84. The quantitative estimate of drug-likeness (QED) is 0.848. The number of carbonyl (C=O) groups excluding carboxylic acids is 1. The zero-order valence-corrected chi connectivity index (χ0v) is 9.82. The smallest absolute Gasteiger partial charge is 0.178 e. The Kier molecular flexibility index (Phi) is 4.09. The average Bonchev–Trinajstić information content (AvgIpc) is 2.53. The standard InChI is InChI=1S/C9H12BrNOS/c1-2-6(5-11)8(12)9-7(10)3-4-13-9/h3-4,6H,2,5,11H2,1H3. The molecule has 0 saturated heterocycles. The summed E-state index contributed by atoms with van der Waals surface area (Å²) in [5.41, 5.74) is 5.51. The van der Waals surface area contributed by atoms with Crippen molar-refractivity contribution in [1.82, 2.24) is 0 Å². The Labute approximate surface area is 90.3 Å². The topological polar surface area (TPSA) is 43.1 Å². The summed E-state index contributed by atoms with van der Waals surface area (Å²) in [4.78, 5) is 12.6. The van der Waals surface area contributed by atoms with E-state index in [1.54, 1.807) is 0 Å². The van der Waals surface area contributed by atoms with Gasteiger partial charge < -0.3 is 5.73 Å². The van der Waals surface area contributed by atoms with E-state index in [9.17, 15) is 4.79 Å². The van der Waals surface area contributed by atoms with Gasteiger partial charge in [-0.1, -0.05) is 6.92 Å². The van der Waals surface area contributed by atoms with E-state index in [1.807, 2.05) is 18.4 Å². The molecule has 0 spiro atoms. The van der Waals surface area contributed by atoms with Gasteiger partial charge in [0, 0.05) is 16.9 Å². The van der Waals surface area contributed by atoms with E-state index in [2.05, 4.69) is 15.9 Å². The van der Waals surface area contributed by atoms with Crippen LogP contribution in [0.5, 0.6) is 0 Å². The highest BCUT2D eigenvalue weighted by Gasteiger charge is 2.19. The van der Waals surface area contributed by atoms with Crippen LogP contribution in [-0.4, -0.2) is 12.3 Å². The van der Waals surface area contributed by atoms with Crippen LogP contribution in [0, 0.1) is 5.92 Å². The van der Waals surface area contributed by atoms with Crippen LogP contribution < -0.4 is 5.73 Å². The number of hydrogen-bond donors (Lipinski definition) is 1. The molecule has 1 aromatic rings. The van der Waals surface area contributed by atoms with E-state index in [1.165, 1.54) is 11.3 Å². The van der Waals surface area contributed by atoms with Crippen molar-refractivity contribution in [2.45, 2.75) is 13.3 Å². The third kappa shape index (κ3) is 2.39. The zero-order valence-electron chi connectivity index (χ0n) is 7.42. The van der Waals surface area contributed by atoms with Gasteiger partial charge >= 0.3 is 0 Å². The summed E-state index contributed by atoms with van der Waals surface area (Å²) >= 11 is 4.81. The Morgan fingerprint density at radius 1 is 1.77 bits per heavy atom. The van der Waals surface area contributed by atoms with E-state index >= 15 is 0 Å². The molecule has 0 aromatic carbocycles. The Hall–Kier alpha value is -0.190. The molecule has 0 radical (unpaired) electrons. The van der Waals surface area contributed by atoms with Crippen molar-refractivity contribution >= 4 is 33.0 Å². The summed E-state index contributed by atoms with van der Waals surface area (Å²) in [7, 11) is 0. The lowest BCUT2D eigenvalue weighted by Gasteiger charge is -2.09. The molecule has 2 nitrogen and oxygen atoms in total. The number of halogens is 1. The highest BCUT2D eigenvalue weighted by atomic mass is 79.9. The van der Waals surface area contributed by atoms with Gasteiger partial charge in [0.2, 0.25) is 0 Å². The predicted molar refractivity (Wildman–Crippen MR) is 59.2 cm³/mol. The number of hydrogen-bond acceptors (Lipinski definition) is 3. The first-order valence-corrected chi connectivity index (χ1v) is 5.85. The number of ketones is 1. The molecule has 1 aromatic heterocycles. The maximum Gasteiger partial charge on any atom is 0.178 e. The van der Waals surface area contributed by atoms with Gasteiger partial charge in [-0.05, 0) is 33.8 Å². The number of carbonyl (C=O) groups is 1. The van der Waals surface area contributed by atoms with Gasteiger partial charge in [-0.3, -0.25) is 4.79 Å². The van der Waals surface area contributed by atoms with E-state index < -0.39 is 0 Å². The fourth-order valence-corrected chi connectivity index (χ4v) is 2.70. The van der Waals surface area contributed by atoms with Crippen LogP contribution in [0.25, 0.3) is 0 Å². The van der Waals surface area contributed by atoms with Gasteiger partial charge in [0.05, 0.1) is 4.88 Å². The van der Waals surface area contributed by atoms with Crippen LogP contribution in [0.2, 0.25) is 0 Å². The first kappa shape index (κ1) is 10.9. The Morgan fingerprint density at radius 2 is 2.46 bits per heavy atom. The molecule has 1 rings (SSSR count). The van der Waals surface area contributed by atoms with Gasteiger partial charge in [-0.2, -0.15) is 0 Å². The molecule has 4 heteroatoms. The van der Waals surface area contributed by atoms with Crippen LogP contribution in [0.1, 0.15) is 23.0 Å². The van der Waals surface area contributed by atoms with Crippen molar-refractivity contribution in [3.8, 4) is 0 Å². The normalized spacial score (nSPS) is 12.8. The molecular weight excluding hydrogens is 250 g/mol. The van der Waals surface area contributed by atoms with Crippen molar-refractivity contribution in [1.29, 1.82) is 0 Å². The van der Waals surface area contributed by atoms with Crippen molar-refractivity contribution in [3.63, 3.8) is 0 Å². The number of nitrogens with two attached hydrogens (primary N) is 1. The first-order valence-electron chi connectivity index (χ1n) is 4.18. The largest absolute Gasteiger partial charge is 0.330 e. The summed E-state index contributed by atoms with van der Waals surface area (Å²) in [5.74, 6) is 0.127. The van der Waals surface area contributed by atoms with Crippen LogP contribution in [0.15, 0.2) is 15.9 Å². The monoisotopic (exact) mass is 261 g/mol. The minimum absolute atomic E-state index is 0.0325. The molecule has 1 heterocycles. The maximum atomic E-state index is 11.8. The third-order valence-corrected chi connectivity index (χ3v) is 3.84. The Balaban J connectivity index is 2.84. The minimum atomic E-state index is -0.0325. The second-order valence-electron chi connectivity index (χ2n) is 2.80. The van der Waals surface area contributed by atoms with E-state index in [-0.39, 0.29) is 11.7 Å². The third-order valence-electron chi connectivity index (χ3n) is 1.99. The van der Waals surface area contributed by atoms with Crippen molar-refractivity contribution in [3.05, 3.63) is 20.8 Å². The summed E-state index contributed by atoms with van der Waals surface area (Å²) in [6.07, 6.45) is 0.805. The summed E-state index contributed by atoms with van der Waals surface area (Å²) in [5, 5.41) is 1.90. The van der Waals surface area contributed by atoms with Crippen LogP contribution in [-0.2, 0) is 0 Å². The molecule has 0 saturated carbocycles. The molecule has 13 heavy (non-hydrogen) atoms. The van der Waals surface area contributed by atoms with Crippen LogP contribution in [0.3, 0.4) is 0 Å². The van der Waals surface area contributed by atoms with Gasteiger partial charge in [-0.25, -0.2) is 0 Å². The molecule has 0 amide bonds. The van der Waals surface area contributed by atoms with Crippen LogP contribution in [0.4, 0.5) is 0 Å². The highest BCUT2D eigenvalue weighted by molar-refractivity contribution is 9.10. The number of rotatable bonds is 4. The predicted octanol–water partition coefficient (Wildman–Crippen LogP) is 2.68. The lowest BCUT2D eigenvalue weighted by atomic mass is 10.0. The Morgan fingerprint density at radius 3 is 2.85 bits per heavy atom. The highest BCUT2D eigenvalue weighted by Crippen LogP contribution is 2.26. The molecule has 0 aliphatic carbocycles. The lowest BCUT2D eigenvalue weighted by molar-refractivity contribution is 0.0925. The van der Waals surface area contributed by atoms with Gasteiger partial charge in [-0.15, -0.1) is 11.3 Å². The summed E-state index contributed by atoms with van der Waals surface area (Å²) < 4.78 is 0.884. The molecule has 0 aliphatic heterocycles. The van der Waals surface area contributed by atoms with Gasteiger partial charge in [0.15, 0.2) is 5.78 Å². The average molecular weight is 262 g/mol. The lowest BCUT2D eigenvalue weighted by Crippen LogP contribution is -2.22. The van der Waals surface area contributed by atoms with Crippen molar-refractivity contribution in [2.75, 3.05) is 6.54 Å². The molecule has 0 bridgehead atoms. The Bertz CT molecular complexity index is 294. The van der Waals surface area contributed by atoms with E-state index in [4.69, 9.17) is 5.73 Å². The molecule has 72 valence electrons. The second kappa shape index (κ2) is 4.88. The number of Topliss-reactive ketones (excluding diaryl/α,β-unsaturated/α-hetero) is 1.